The Bertz CT molecular complexity index is 1340. The van der Waals surface area contributed by atoms with E-state index in [0.29, 0.717) is 43.9 Å². The van der Waals surface area contributed by atoms with Crippen LogP contribution in [0.2, 0.25) is 0 Å². The van der Waals surface area contributed by atoms with E-state index in [0.717, 1.165) is 30.2 Å². The van der Waals surface area contributed by atoms with Gasteiger partial charge in [-0.05, 0) is 56.4 Å². The van der Waals surface area contributed by atoms with Crippen molar-refractivity contribution >= 4 is 17.4 Å². The summed E-state index contributed by atoms with van der Waals surface area (Å²) < 4.78 is 57.6. The molecule has 0 N–H and O–H groups in total. The number of nitrogens with zero attached hydrogens (tertiary/aromatic N) is 6. The Kier molecular flexibility index (Phi) is 6.03. The van der Waals surface area contributed by atoms with Gasteiger partial charge in [-0.25, -0.2) is 9.18 Å². The van der Waals surface area contributed by atoms with Gasteiger partial charge in [-0.2, -0.15) is 18.3 Å². The first-order valence-electron chi connectivity index (χ1n) is 12.9. The van der Waals surface area contributed by atoms with Crippen molar-refractivity contribution in [3.05, 3.63) is 71.1 Å². The summed E-state index contributed by atoms with van der Waals surface area (Å²) in [6.45, 7) is 3.07. The number of para-hydroxylation sites is 1. The molecule has 3 aliphatic rings. The van der Waals surface area contributed by atoms with Gasteiger partial charge in [0.25, 0.3) is 0 Å². The first-order chi connectivity index (χ1) is 18.2. The summed E-state index contributed by atoms with van der Waals surface area (Å²) in [5, 5.41) is 4.51. The number of carbonyl (C=O) groups is 1. The number of amides is 2. The second-order valence-electron chi connectivity index (χ2n) is 10.3. The van der Waals surface area contributed by atoms with Crippen LogP contribution >= 0.6 is 0 Å². The Morgan fingerprint density at radius 1 is 1.03 bits per heavy atom. The van der Waals surface area contributed by atoms with Crippen LogP contribution in [0.15, 0.2) is 42.7 Å². The monoisotopic (exact) mass is 528 g/mol. The van der Waals surface area contributed by atoms with Crippen molar-refractivity contribution in [2.75, 3.05) is 22.9 Å². The maximum atomic E-state index is 14.6. The molecule has 1 aliphatic carbocycles. The molecule has 0 bridgehead atoms. The van der Waals surface area contributed by atoms with Gasteiger partial charge in [-0.3, -0.25) is 14.6 Å². The van der Waals surface area contributed by atoms with Gasteiger partial charge in [0.1, 0.15) is 5.82 Å². The summed E-state index contributed by atoms with van der Waals surface area (Å²) in [7, 11) is 0. The summed E-state index contributed by atoms with van der Waals surface area (Å²) in [6, 6.07) is 7.03. The van der Waals surface area contributed by atoms with Crippen molar-refractivity contribution in [1.82, 2.24) is 19.7 Å². The smallest absolute Gasteiger partial charge is 0.369 e. The van der Waals surface area contributed by atoms with Crippen molar-refractivity contribution < 1.29 is 22.4 Å². The van der Waals surface area contributed by atoms with Gasteiger partial charge >= 0.3 is 12.2 Å². The maximum Gasteiger partial charge on any atom is 0.418 e. The lowest BCUT2D eigenvalue weighted by Gasteiger charge is -2.44. The molecule has 0 spiro atoms. The zero-order chi connectivity index (χ0) is 26.6. The van der Waals surface area contributed by atoms with E-state index in [1.54, 1.807) is 17.2 Å². The molecule has 1 saturated carbocycles. The number of aryl methyl sites for hydroxylation is 1. The third-order valence-corrected chi connectivity index (χ3v) is 7.77. The van der Waals surface area contributed by atoms with E-state index >= 15 is 0 Å². The molecule has 1 saturated heterocycles. The fourth-order valence-corrected chi connectivity index (χ4v) is 5.71. The zero-order valence-corrected chi connectivity index (χ0v) is 21.0. The van der Waals surface area contributed by atoms with Crippen LogP contribution in [0.1, 0.15) is 54.2 Å². The predicted octanol–water partition coefficient (Wildman–Crippen LogP) is 5.69. The zero-order valence-electron chi connectivity index (χ0n) is 21.0. The van der Waals surface area contributed by atoms with Crippen LogP contribution in [-0.4, -0.2) is 44.8 Å². The van der Waals surface area contributed by atoms with Crippen molar-refractivity contribution in [3.8, 4) is 0 Å². The van der Waals surface area contributed by atoms with Crippen molar-refractivity contribution in [2.24, 2.45) is 0 Å². The fraction of sp³-hybridized carbons (Fsp3) is 0.444. The molecule has 4 heterocycles. The van der Waals surface area contributed by atoms with Crippen molar-refractivity contribution in [2.45, 2.75) is 64.0 Å². The normalized spacial score (nSPS) is 18.8. The summed E-state index contributed by atoms with van der Waals surface area (Å²) in [4.78, 5) is 23.0. The van der Waals surface area contributed by atoms with Gasteiger partial charge < -0.3 is 9.80 Å². The second kappa shape index (κ2) is 9.28. The maximum absolute atomic E-state index is 14.6. The molecule has 0 unspecified atom stereocenters. The van der Waals surface area contributed by atoms with Crippen LogP contribution in [0.5, 0.6) is 0 Å². The number of carbonyl (C=O) groups excluding carboxylic acids is 1. The largest absolute Gasteiger partial charge is 0.418 e. The number of alkyl halides is 3. The minimum absolute atomic E-state index is 0.130. The lowest BCUT2D eigenvalue weighted by Crippen LogP contribution is -2.54. The van der Waals surface area contributed by atoms with E-state index in [-0.39, 0.29) is 36.2 Å². The lowest BCUT2D eigenvalue weighted by atomic mass is 10.00. The molecule has 7 nitrogen and oxygen atoms in total. The highest BCUT2D eigenvalue weighted by Gasteiger charge is 2.42. The molecule has 0 radical (unpaired) electrons. The van der Waals surface area contributed by atoms with Crippen LogP contribution in [0, 0.1) is 12.7 Å². The second-order valence-corrected chi connectivity index (χ2v) is 10.3. The minimum atomic E-state index is -4.58. The van der Waals surface area contributed by atoms with Crippen LogP contribution in [0.25, 0.3) is 0 Å². The van der Waals surface area contributed by atoms with Gasteiger partial charge in [0.05, 0.1) is 53.7 Å². The number of benzene rings is 1. The number of hydrogen-bond donors (Lipinski definition) is 0. The number of fused-ring (bicyclic) bond motifs is 1. The quantitative estimate of drug-likeness (QED) is 0.400. The van der Waals surface area contributed by atoms with Crippen molar-refractivity contribution in [1.29, 1.82) is 0 Å². The Labute approximate surface area is 217 Å². The van der Waals surface area contributed by atoms with E-state index in [9.17, 15) is 22.4 Å². The number of urea groups is 1. The average Bonchev–Trinajstić information content (AvgIpc) is 3.64. The summed E-state index contributed by atoms with van der Waals surface area (Å²) >= 11 is 0. The molecule has 1 aromatic carbocycles. The van der Waals surface area contributed by atoms with Gasteiger partial charge in [-0.1, -0.05) is 12.1 Å². The van der Waals surface area contributed by atoms with Gasteiger partial charge in [0.2, 0.25) is 0 Å². The fourth-order valence-electron chi connectivity index (χ4n) is 5.71. The van der Waals surface area contributed by atoms with Crippen molar-refractivity contribution in [3.63, 3.8) is 0 Å². The molecular formula is C27H28F4N6O. The predicted molar refractivity (Wildman–Crippen MR) is 133 cm³/mol. The Morgan fingerprint density at radius 3 is 2.47 bits per heavy atom. The molecule has 2 fully saturated rings. The van der Waals surface area contributed by atoms with Gasteiger partial charge in [0, 0.05) is 25.3 Å². The van der Waals surface area contributed by atoms with Crippen LogP contribution in [-0.2, 0) is 19.3 Å². The first-order valence-corrected chi connectivity index (χ1v) is 12.9. The van der Waals surface area contributed by atoms with E-state index in [4.69, 9.17) is 0 Å². The standard InChI is InChI=1S/C27H28F4N6O/c1-17-4-2-6-21(28)25(17)34-12-9-18(10-13-34)35-16-24-23(14-33-37(24)19-7-8-19)36(26(35)38)15-22-20(27(29,30)31)5-3-11-32-22/h2-6,11,14,18-19H,7-10,12-13,15-16H2,1H3. The van der Waals surface area contributed by atoms with E-state index in [1.807, 2.05) is 22.6 Å². The third kappa shape index (κ3) is 4.37. The van der Waals surface area contributed by atoms with E-state index in [2.05, 4.69) is 10.1 Å². The topological polar surface area (TPSA) is 57.5 Å². The molecule has 2 aliphatic heterocycles. The first kappa shape index (κ1) is 24.7. The SMILES string of the molecule is Cc1cccc(F)c1N1CCC(N2Cc3c(cnn3C3CC3)N(Cc3ncccc3C(F)(F)F)C2=O)CC1. The minimum Gasteiger partial charge on any atom is -0.369 e. The number of hydrogen-bond acceptors (Lipinski definition) is 4. The molecule has 3 aromatic rings. The summed E-state index contributed by atoms with van der Waals surface area (Å²) in [5.74, 6) is -0.266. The number of anilines is 2. The Balaban J connectivity index is 1.28. The van der Waals surface area contributed by atoms with Gasteiger partial charge in [-0.15, -0.1) is 0 Å². The van der Waals surface area contributed by atoms with Crippen LogP contribution in [0.3, 0.4) is 0 Å². The molecule has 200 valence electrons. The number of aromatic nitrogens is 3. The van der Waals surface area contributed by atoms with E-state index < -0.39 is 11.7 Å². The molecule has 11 heteroatoms. The molecule has 38 heavy (non-hydrogen) atoms. The summed E-state index contributed by atoms with van der Waals surface area (Å²) in [5.41, 5.74) is 1.76. The highest BCUT2D eigenvalue weighted by Crippen LogP contribution is 2.41. The molecule has 0 atom stereocenters. The Morgan fingerprint density at radius 2 is 1.79 bits per heavy atom. The third-order valence-electron chi connectivity index (χ3n) is 7.77. The average molecular weight is 529 g/mol. The van der Waals surface area contributed by atoms with Crippen LogP contribution in [0.4, 0.5) is 33.7 Å². The molecule has 6 rings (SSSR count). The highest BCUT2D eigenvalue weighted by molar-refractivity contribution is 5.94. The number of rotatable bonds is 5. The number of pyridine rings is 1. The lowest BCUT2D eigenvalue weighted by molar-refractivity contribution is -0.138. The number of halogens is 4. The Hall–Kier alpha value is -3.63. The molecular weight excluding hydrogens is 500 g/mol. The number of piperidine rings is 1. The molecule has 2 amide bonds. The van der Waals surface area contributed by atoms with Crippen LogP contribution < -0.4 is 9.80 Å². The van der Waals surface area contributed by atoms with E-state index in [1.165, 1.54) is 23.2 Å². The molecule has 2 aromatic heterocycles. The highest BCUT2D eigenvalue weighted by atomic mass is 19.4. The summed E-state index contributed by atoms with van der Waals surface area (Å²) in [6.07, 6.45) is 1.53. The van der Waals surface area contributed by atoms with Gasteiger partial charge in [0.15, 0.2) is 0 Å².